The smallest absolute Gasteiger partial charge is 0.204 e. The highest BCUT2D eigenvalue weighted by Gasteiger charge is 2.22. The summed E-state index contributed by atoms with van der Waals surface area (Å²) in [6.45, 7) is 6.93. The fourth-order valence-corrected chi connectivity index (χ4v) is 3.26. The maximum Gasteiger partial charge on any atom is 0.204 e. The van der Waals surface area contributed by atoms with Crippen LogP contribution in [0.1, 0.15) is 91.4 Å². The van der Waals surface area contributed by atoms with Gasteiger partial charge in [0.2, 0.25) is 5.62 Å². The molecule has 1 aromatic rings. The number of rotatable bonds is 12. The van der Waals surface area contributed by atoms with Gasteiger partial charge < -0.3 is 9.13 Å². The first-order valence-corrected chi connectivity index (χ1v) is 9.76. The molecule has 0 aliphatic carbocycles. The van der Waals surface area contributed by atoms with Crippen LogP contribution in [0.3, 0.4) is 0 Å². The van der Waals surface area contributed by atoms with E-state index in [2.05, 4.69) is 56.4 Å². The standard InChI is InChI=1S/C20H39N3/c1-6-8-10-12-14-16-20(3,15-13-11-9-7-2)21-19-22(4)17-18-23(19)5/h17-18H,6-16H2,1-5H3. The Hall–Kier alpha value is -0.990. The first kappa shape index (κ1) is 20.1. The van der Waals surface area contributed by atoms with Crippen molar-refractivity contribution < 1.29 is 0 Å². The van der Waals surface area contributed by atoms with Crippen molar-refractivity contribution in [3.63, 3.8) is 0 Å². The largest absolute Gasteiger partial charge is 0.321 e. The monoisotopic (exact) mass is 321 g/mol. The second-order valence-corrected chi connectivity index (χ2v) is 7.40. The molecule has 3 nitrogen and oxygen atoms in total. The predicted octanol–water partition coefficient (Wildman–Crippen LogP) is 5.35. The number of aryl methyl sites for hydroxylation is 2. The third-order valence-corrected chi connectivity index (χ3v) is 4.90. The van der Waals surface area contributed by atoms with Gasteiger partial charge in [0, 0.05) is 26.5 Å². The molecule has 0 spiro atoms. The van der Waals surface area contributed by atoms with Crippen molar-refractivity contribution in [2.75, 3.05) is 0 Å². The number of hydrogen-bond donors (Lipinski definition) is 0. The van der Waals surface area contributed by atoms with E-state index in [1.165, 1.54) is 70.6 Å². The average Bonchev–Trinajstić information content (AvgIpc) is 2.83. The number of unbranched alkanes of at least 4 members (excludes halogenated alkanes) is 7. The number of imidazole rings is 1. The minimum Gasteiger partial charge on any atom is -0.321 e. The second kappa shape index (κ2) is 10.7. The maximum absolute atomic E-state index is 5.19. The van der Waals surface area contributed by atoms with E-state index >= 15 is 0 Å². The highest BCUT2D eigenvalue weighted by atomic mass is 15.2. The van der Waals surface area contributed by atoms with Gasteiger partial charge in [-0.2, -0.15) is 0 Å². The Kier molecular flexibility index (Phi) is 9.35. The van der Waals surface area contributed by atoms with Crippen molar-refractivity contribution in [1.82, 2.24) is 9.13 Å². The van der Waals surface area contributed by atoms with Crippen LogP contribution in [0.25, 0.3) is 0 Å². The molecule has 1 unspecified atom stereocenters. The Morgan fingerprint density at radius 2 is 1.22 bits per heavy atom. The Bertz CT molecular complexity index is 461. The molecular weight excluding hydrogens is 282 g/mol. The summed E-state index contributed by atoms with van der Waals surface area (Å²) >= 11 is 0. The third kappa shape index (κ3) is 7.41. The van der Waals surface area contributed by atoms with Gasteiger partial charge in [-0.15, -0.1) is 0 Å². The number of aromatic nitrogens is 2. The molecule has 0 radical (unpaired) electrons. The van der Waals surface area contributed by atoms with Crippen LogP contribution in [-0.4, -0.2) is 14.7 Å². The highest BCUT2D eigenvalue weighted by molar-refractivity contribution is 4.87. The number of nitrogens with zero attached hydrogens (tertiary/aromatic N) is 3. The van der Waals surface area contributed by atoms with E-state index in [-0.39, 0.29) is 5.54 Å². The lowest BCUT2D eigenvalue weighted by molar-refractivity contribution is 0.352. The zero-order valence-corrected chi connectivity index (χ0v) is 16.3. The maximum atomic E-state index is 5.19. The lowest BCUT2D eigenvalue weighted by Gasteiger charge is -2.25. The predicted molar refractivity (Wildman–Crippen MR) is 100 cm³/mol. The molecule has 1 atom stereocenters. The zero-order chi connectivity index (χ0) is 17.1. The molecule has 0 bridgehead atoms. The minimum atomic E-state index is 0.0871. The van der Waals surface area contributed by atoms with Crippen molar-refractivity contribution >= 4 is 0 Å². The van der Waals surface area contributed by atoms with Gasteiger partial charge in [0.05, 0.1) is 5.54 Å². The molecule has 0 saturated carbocycles. The van der Waals surface area contributed by atoms with Crippen molar-refractivity contribution in [3.8, 4) is 0 Å². The van der Waals surface area contributed by atoms with Crippen molar-refractivity contribution in [1.29, 1.82) is 0 Å². The van der Waals surface area contributed by atoms with Crippen LogP contribution in [0.15, 0.2) is 17.4 Å². The zero-order valence-electron chi connectivity index (χ0n) is 16.3. The quantitative estimate of drug-likeness (QED) is 0.463. The Labute approximate surface area is 143 Å². The molecule has 3 heteroatoms. The van der Waals surface area contributed by atoms with Crippen molar-refractivity contribution in [2.45, 2.75) is 96.9 Å². The molecule has 1 aromatic heterocycles. The van der Waals surface area contributed by atoms with Gasteiger partial charge >= 0.3 is 0 Å². The van der Waals surface area contributed by atoms with Crippen LogP contribution >= 0.6 is 0 Å². The summed E-state index contributed by atoms with van der Waals surface area (Å²) in [6, 6.07) is 0. The first-order chi connectivity index (χ1) is 11.0. The van der Waals surface area contributed by atoms with E-state index in [1.807, 2.05) is 0 Å². The molecular formula is C20H39N3. The Morgan fingerprint density at radius 1 is 0.783 bits per heavy atom. The van der Waals surface area contributed by atoms with Gasteiger partial charge in [0.1, 0.15) is 0 Å². The molecule has 23 heavy (non-hydrogen) atoms. The summed E-state index contributed by atoms with van der Waals surface area (Å²) in [5.41, 5.74) is 1.18. The summed E-state index contributed by atoms with van der Waals surface area (Å²) in [5.74, 6) is 0. The van der Waals surface area contributed by atoms with Gasteiger partial charge in [-0.3, -0.25) is 0 Å². The lowest BCUT2D eigenvalue weighted by Crippen LogP contribution is -2.31. The van der Waals surface area contributed by atoms with Crippen molar-refractivity contribution in [2.24, 2.45) is 19.1 Å². The topological polar surface area (TPSA) is 22.2 Å². The molecule has 0 N–H and O–H groups in total. The lowest BCUT2D eigenvalue weighted by atomic mass is 9.89. The summed E-state index contributed by atoms with van der Waals surface area (Å²) in [6.07, 6.45) is 18.6. The highest BCUT2D eigenvalue weighted by Crippen LogP contribution is 2.26. The molecule has 0 amide bonds. The van der Waals surface area contributed by atoms with Crippen LogP contribution in [0.5, 0.6) is 0 Å². The summed E-state index contributed by atoms with van der Waals surface area (Å²) in [5, 5.41) is 0. The minimum absolute atomic E-state index is 0.0871. The number of hydrogen-bond acceptors (Lipinski definition) is 1. The van der Waals surface area contributed by atoms with Crippen LogP contribution in [0.4, 0.5) is 0 Å². The second-order valence-electron chi connectivity index (χ2n) is 7.40. The van der Waals surface area contributed by atoms with E-state index in [4.69, 9.17) is 4.99 Å². The molecule has 0 aliphatic rings. The molecule has 1 heterocycles. The van der Waals surface area contributed by atoms with Gasteiger partial charge in [-0.1, -0.05) is 71.6 Å². The van der Waals surface area contributed by atoms with Crippen LogP contribution < -0.4 is 5.62 Å². The van der Waals surface area contributed by atoms with E-state index in [9.17, 15) is 0 Å². The fourth-order valence-electron chi connectivity index (χ4n) is 3.26. The van der Waals surface area contributed by atoms with Gasteiger partial charge in [-0.25, -0.2) is 4.99 Å². The van der Waals surface area contributed by atoms with Crippen molar-refractivity contribution in [3.05, 3.63) is 18.0 Å². The third-order valence-electron chi connectivity index (χ3n) is 4.90. The average molecular weight is 322 g/mol. The van der Waals surface area contributed by atoms with Crippen LogP contribution in [0, 0.1) is 0 Å². The summed E-state index contributed by atoms with van der Waals surface area (Å²) < 4.78 is 4.28. The van der Waals surface area contributed by atoms with E-state index in [0.29, 0.717) is 0 Å². The van der Waals surface area contributed by atoms with Crippen LogP contribution in [0.2, 0.25) is 0 Å². The van der Waals surface area contributed by atoms with Gasteiger partial charge in [0.15, 0.2) is 0 Å². The van der Waals surface area contributed by atoms with Gasteiger partial charge in [-0.05, 0) is 19.8 Å². The van der Waals surface area contributed by atoms with E-state index < -0.39 is 0 Å². The normalized spacial score (nSPS) is 14.0. The first-order valence-electron chi connectivity index (χ1n) is 9.76. The molecule has 134 valence electrons. The Balaban J connectivity index is 2.73. The molecule has 1 rings (SSSR count). The fraction of sp³-hybridized carbons (Fsp3) is 0.850. The molecule has 0 saturated heterocycles. The molecule has 0 aromatic carbocycles. The van der Waals surface area contributed by atoms with Crippen LogP contribution in [-0.2, 0) is 14.1 Å². The molecule has 0 aliphatic heterocycles. The van der Waals surface area contributed by atoms with E-state index in [1.54, 1.807) is 0 Å². The summed E-state index contributed by atoms with van der Waals surface area (Å²) in [7, 11) is 4.19. The Morgan fingerprint density at radius 3 is 1.70 bits per heavy atom. The molecule has 0 fully saturated rings. The van der Waals surface area contributed by atoms with Gasteiger partial charge in [0.25, 0.3) is 0 Å². The van der Waals surface area contributed by atoms with E-state index in [0.717, 1.165) is 5.62 Å². The SMILES string of the molecule is CCCCCCCC(C)(CCCCCC)N=c1n(C)ccn1C. The summed E-state index contributed by atoms with van der Waals surface area (Å²) in [4.78, 5) is 5.19.